The minimum absolute atomic E-state index is 0.0369. The van der Waals surface area contributed by atoms with Crippen LogP contribution >= 0.6 is 0 Å². The number of hydrogen-bond donors (Lipinski definition) is 1. The molecular formula is C18H27N5O3. The molecule has 26 heavy (non-hydrogen) atoms. The van der Waals surface area contributed by atoms with Gasteiger partial charge in [-0.15, -0.1) is 0 Å². The molecule has 1 unspecified atom stereocenters. The van der Waals surface area contributed by atoms with E-state index in [1.807, 2.05) is 11.8 Å². The predicted molar refractivity (Wildman–Crippen MR) is 96.3 cm³/mol. The molecule has 3 amide bonds. The summed E-state index contributed by atoms with van der Waals surface area (Å²) in [7, 11) is 0. The molecule has 3 rings (SSSR count). The molecule has 1 aromatic rings. The first-order valence-electron chi connectivity index (χ1n) is 9.45. The fraction of sp³-hybridized carbons (Fsp3) is 0.667. The lowest BCUT2D eigenvalue weighted by molar-refractivity contribution is -0.133. The SMILES string of the molecule is CCCN1CC(C(=O)Nc2cnn(CC(=O)N3CCCCC3)c2)CC1=O. The van der Waals surface area contributed by atoms with Gasteiger partial charge >= 0.3 is 0 Å². The third-order valence-corrected chi connectivity index (χ3v) is 4.99. The molecule has 1 atom stereocenters. The summed E-state index contributed by atoms with van der Waals surface area (Å²) in [5.41, 5.74) is 0.558. The summed E-state index contributed by atoms with van der Waals surface area (Å²) >= 11 is 0. The highest BCUT2D eigenvalue weighted by Crippen LogP contribution is 2.20. The van der Waals surface area contributed by atoms with Crippen molar-refractivity contribution in [1.82, 2.24) is 19.6 Å². The third-order valence-electron chi connectivity index (χ3n) is 4.99. The Morgan fingerprint density at radius 2 is 2.04 bits per heavy atom. The molecular weight excluding hydrogens is 334 g/mol. The van der Waals surface area contributed by atoms with E-state index in [1.165, 1.54) is 6.42 Å². The summed E-state index contributed by atoms with van der Waals surface area (Å²) < 4.78 is 1.55. The Labute approximate surface area is 153 Å². The number of hydrogen-bond acceptors (Lipinski definition) is 4. The second kappa shape index (κ2) is 8.33. The number of nitrogens with zero attached hydrogens (tertiary/aromatic N) is 4. The van der Waals surface area contributed by atoms with Crippen molar-refractivity contribution in [3.05, 3.63) is 12.4 Å². The largest absolute Gasteiger partial charge is 0.342 e. The lowest BCUT2D eigenvalue weighted by Gasteiger charge is -2.26. The van der Waals surface area contributed by atoms with Gasteiger partial charge in [0.25, 0.3) is 0 Å². The molecule has 1 N–H and O–H groups in total. The second-order valence-corrected chi connectivity index (χ2v) is 7.10. The summed E-state index contributed by atoms with van der Waals surface area (Å²) in [4.78, 5) is 40.2. The fourth-order valence-electron chi connectivity index (χ4n) is 3.57. The van der Waals surface area contributed by atoms with Crippen LogP contribution in [0.15, 0.2) is 12.4 Å². The van der Waals surface area contributed by atoms with Gasteiger partial charge in [0.1, 0.15) is 6.54 Å². The van der Waals surface area contributed by atoms with E-state index in [0.717, 1.165) is 32.4 Å². The van der Waals surface area contributed by atoms with Crippen molar-refractivity contribution in [3.8, 4) is 0 Å². The number of likely N-dealkylation sites (tertiary alicyclic amines) is 2. The zero-order valence-electron chi connectivity index (χ0n) is 15.3. The van der Waals surface area contributed by atoms with Gasteiger partial charge in [0.05, 0.1) is 17.8 Å². The zero-order chi connectivity index (χ0) is 18.5. The Morgan fingerprint density at radius 3 is 2.77 bits per heavy atom. The van der Waals surface area contributed by atoms with E-state index in [9.17, 15) is 14.4 Å². The van der Waals surface area contributed by atoms with Gasteiger partial charge in [0.2, 0.25) is 17.7 Å². The normalized spacial score (nSPS) is 20.5. The highest BCUT2D eigenvalue weighted by Gasteiger charge is 2.33. The van der Waals surface area contributed by atoms with Gasteiger partial charge in [0.15, 0.2) is 0 Å². The number of anilines is 1. The van der Waals surface area contributed by atoms with Crippen LogP contribution in [0, 0.1) is 5.92 Å². The van der Waals surface area contributed by atoms with E-state index in [0.29, 0.717) is 18.8 Å². The smallest absolute Gasteiger partial charge is 0.244 e. The van der Waals surface area contributed by atoms with Crippen LogP contribution in [0.25, 0.3) is 0 Å². The van der Waals surface area contributed by atoms with Gasteiger partial charge in [-0.25, -0.2) is 0 Å². The minimum atomic E-state index is -0.326. The van der Waals surface area contributed by atoms with Crippen LogP contribution in [0.2, 0.25) is 0 Å². The van der Waals surface area contributed by atoms with Gasteiger partial charge in [0, 0.05) is 38.8 Å². The van der Waals surface area contributed by atoms with E-state index < -0.39 is 0 Å². The van der Waals surface area contributed by atoms with Gasteiger partial charge in [-0.1, -0.05) is 6.92 Å². The highest BCUT2D eigenvalue weighted by molar-refractivity contribution is 5.97. The molecule has 1 aromatic heterocycles. The van der Waals surface area contributed by atoms with E-state index >= 15 is 0 Å². The van der Waals surface area contributed by atoms with Crippen LogP contribution in [-0.2, 0) is 20.9 Å². The molecule has 2 saturated heterocycles. The summed E-state index contributed by atoms with van der Waals surface area (Å²) in [6.45, 7) is 4.99. The maximum absolute atomic E-state index is 12.4. The van der Waals surface area contributed by atoms with Crippen molar-refractivity contribution in [3.63, 3.8) is 0 Å². The van der Waals surface area contributed by atoms with E-state index in [1.54, 1.807) is 22.0 Å². The van der Waals surface area contributed by atoms with Crippen LogP contribution in [-0.4, -0.2) is 63.5 Å². The Morgan fingerprint density at radius 1 is 1.27 bits per heavy atom. The Bertz CT molecular complexity index is 666. The maximum Gasteiger partial charge on any atom is 0.244 e. The monoisotopic (exact) mass is 361 g/mol. The topological polar surface area (TPSA) is 87.5 Å². The zero-order valence-corrected chi connectivity index (χ0v) is 15.3. The summed E-state index contributed by atoms with van der Waals surface area (Å²) in [6.07, 6.45) is 7.65. The number of rotatable bonds is 6. The maximum atomic E-state index is 12.4. The molecule has 8 heteroatoms. The van der Waals surface area contributed by atoms with Crippen molar-refractivity contribution >= 4 is 23.4 Å². The van der Waals surface area contributed by atoms with Gasteiger partial charge < -0.3 is 15.1 Å². The molecule has 2 fully saturated rings. The summed E-state index contributed by atoms with van der Waals surface area (Å²) in [5.74, 6) is -0.400. The number of piperidine rings is 1. The van der Waals surface area contributed by atoms with Crippen molar-refractivity contribution in [2.45, 2.75) is 45.6 Å². The molecule has 0 spiro atoms. The van der Waals surface area contributed by atoms with Gasteiger partial charge in [-0.05, 0) is 25.7 Å². The average molecular weight is 361 g/mol. The van der Waals surface area contributed by atoms with Crippen molar-refractivity contribution in [1.29, 1.82) is 0 Å². The molecule has 0 bridgehead atoms. The molecule has 0 saturated carbocycles. The first kappa shape index (κ1) is 18.4. The number of nitrogens with one attached hydrogen (secondary N) is 1. The van der Waals surface area contributed by atoms with Crippen molar-refractivity contribution in [2.75, 3.05) is 31.5 Å². The Hall–Kier alpha value is -2.38. The predicted octanol–water partition coefficient (Wildman–Crippen LogP) is 1.09. The number of aromatic nitrogens is 2. The lowest BCUT2D eigenvalue weighted by Crippen LogP contribution is -2.37. The van der Waals surface area contributed by atoms with Crippen LogP contribution in [0.5, 0.6) is 0 Å². The van der Waals surface area contributed by atoms with Crippen molar-refractivity contribution < 1.29 is 14.4 Å². The standard InChI is InChI=1S/C18H27N5O3/c1-2-6-22-11-14(9-16(22)24)18(26)20-15-10-19-23(12-15)13-17(25)21-7-4-3-5-8-21/h10,12,14H,2-9,11,13H2,1H3,(H,20,26). The fourth-order valence-corrected chi connectivity index (χ4v) is 3.57. The van der Waals surface area contributed by atoms with E-state index in [2.05, 4.69) is 10.4 Å². The molecule has 2 aliphatic heterocycles. The van der Waals surface area contributed by atoms with Gasteiger partial charge in [-0.2, -0.15) is 5.10 Å². The molecule has 0 aliphatic carbocycles. The van der Waals surface area contributed by atoms with Crippen LogP contribution < -0.4 is 5.32 Å². The van der Waals surface area contributed by atoms with E-state index in [4.69, 9.17) is 0 Å². The average Bonchev–Trinajstić information content (AvgIpc) is 3.23. The highest BCUT2D eigenvalue weighted by atomic mass is 16.2. The number of carbonyl (C=O) groups excluding carboxylic acids is 3. The Kier molecular flexibility index (Phi) is 5.90. The lowest BCUT2D eigenvalue weighted by atomic mass is 10.1. The van der Waals surface area contributed by atoms with Gasteiger partial charge in [-0.3, -0.25) is 19.1 Å². The Balaban J connectivity index is 1.51. The third kappa shape index (κ3) is 4.42. The first-order chi connectivity index (χ1) is 12.6. The molecule has 2 aliphatic rings. The van der Waals surface area contributed by atoms with E-state index in [-0.39, 0.29) is 36.6 Å². The first-order valence-corrected chi connectivity index (χ1v) is 9.45. The van der Waals surface area contributed by atoms with Crippen LogP contribution in [0.1, 0.15) is 39.0 Å². The summed E-state index contributed by atoms with van der Waals surface area (Å²) in [6, 6.07) is 0. The molecule has 142 valence electrons. The molecule has 0 aromatic carbocycles. The van der Waals surface area contributed by atoms with Crippen LogP contribution in [0.4, 0.5) is 5.69 Å². The molecule has 8 nitrogen and oxygen atoms in total. The van der Waals surface area contributed by atoms with Crippen molar-refractivity contribution in [2.24, 2.45) is 5.92 Å². The second-order valence-electron chi connectivity index (χ2n) is 7.10. The quantitative estimate of drug-likeness (QED) is 0.822. The summed E-state index contributed by atoms with van der Waals surface area (Å²) in [5, 5.41) is 6.98. The number of amides is 3. The minimum Gasteiger partial charge on any atom is -0.342 e. The van der Waals surface area contributed by atoms with Crippen LogP contribution in [0.3, 0.4) is 0 Å². The molecule has 0 radical (unpaired) electrons. The molecule has 3 heterocycles. The number of carbonyl (C=O) groups is 3.